The third-order valence-corrected chi connectivity index (χ3v) is 4.29. The van der Waals surface area contributed by atoms with Crippen LogP contribution in [0.1, 0.15) is 10.4 Å². The highest BCUT2D eigenvalue weighted by atomic mass is 35.5. The fourth-order valence-corrected chi connectivity index (χ4v) is 3.01. The first-order valence-corrected chi connectivity index (χ1v) is 7.58. The zero-order chi connectivity index (χ0) is 15.0. The lowest BCUT2D eigenvalue weighted by Crippen LogP contribution is -2.14. The largest absolute Gasteiger partial charge is 0.398 e. The molecule has 0 aliphatic carbocycles. The molecule has 0 spiro atoms. The van der Waals surface area contributed by atoms with Crippen molar-refractivity contribution in [3.05, 3.63) is 51.5 Å². The number of carbonyl (C=O) groups excluding carboxylic acids is 1. The van der Waals surface area contributed by atoms with Gasteiger partial charge in [0.05, 0.1) is 26.5 Å². The number of hydrogen-bond donors (Lipinski definition) is 2. The smallest absolute Gasteiger partial charge is 0.257 e. The van der Waals surface area contributed by atoms with Crippen LogP contribution in [0.5, 0.6) is 0 Å². The van der Waals surface area contributed by atoms with E-state index in [1.807, 2.05) is 6.07 Å². The topological polar surface area (TPSA) is 68.0 Å². The summed E-state index contributed by atoms with van der Waals surface area (Å²) >= 11 is 13.5. The van der Waals surface area contributed by atoms with Crippen LogP contribution in [0.3, 0.4) is 0 Å². The molecule has 0 saturated carbocycles. The van der Waals surface area contributed by atoms with Crippen LogP contribution in [0.15, 0.2) is 35.8 Å². The zero-order valence-electron chi connectivity index (χ0n) is 10.6. The van der Waals surface area contributed by atoms with Gasteiger partial charge in [-0.2, -0.15) is 0 Å². The number of nitrogens with one attached hydrogen (secondary N) is 1. The Labute approximate surface area is 134 Å². The molecule has 0 fully saturated rings. The van der Waals surface area contributed by atoms with Gasteiger partial charge in [0, 0.05) is 10.7 Å². The number of nitrogens with two attached hydrogens (primary N) is 1. The molecule has 21 heavy (non-hydrogen) atoms. The van der Waals surface area contributed by atoms with E-state index < -0.39 is 0 Å². The van der Waals surface area contributed by atoms with E-state index in [2.05, 4.69) is 10.3 Å². The minimum Gasteiger partial charge on any atom is -0.398 e. The number of hydrogen-bond acceptors (Lipinski definition) is 4. The van der Waals surface area contributed by atoms with Gasteiger partial charge in [-0.05, 0) is 30.3 Å². The number of nitrogens with zero attached hydrogens (tertiary/aromatic N) is 1. The highest BCUT2D eigenvalue weighted by Crippen LogP contribution is 2.33. The van der Waals surface area contributed by atoms with Crippen LogP contribution in [-0.2, 0) is 0 Å². The van der Waals surface area contributed by atoms with E-state index in [1.54, 1.807) is 23.7 Å². The van der Waals surface area contributed by atoms with E-state index in [9.17, 15) is 4.79 Å². The lowest BCUT2D eigenvalue weighted by Gasteiger charge is -2.10. The van der Waals surface area contributed by atoms with Crippen LogP contribution in [0.25, 0.3) is 10.2 Å². The van der Waals surface area contributed by atoms with Crippen molar-refractivity contribution in [1.82, 2.24) is 4.98 Å². The standard InChI is InChI=1S/C14H9Cl2N3OS/c15-7-1-2-8(10(17)5-7)14(20)19-12-9(16)3-4-11-13(12)18-6-21-11/h1-6H,17H2,(H,19,20). The first kappa shape index (κ1) is 14.1. The van der Waals surface area contributed by atoms with E-state index in [1.165, 1.54) is 17.4 Å². The number of rotatable bonds is 2. The molecule has 3 rings (SSSR count). The molecular weight excluding hydrogens is 329 g/mol. The van der Waals surface area contributed by atoms with Crippen LogP contribution >= 0.6 is 34.5 Å². The Balaban J connectivity index is 2.00. The van der Waals surface area contributed by atoms with Gasteiger partial charge >= 0.3 is 0 Å². The second kappa shape index (κ2) is 5.52. The maximum Gasteiger partial charge on any atom is 0.257 e. The number of nitrogen functional groups attached to an aromatic ring is 1. The van der Waals surface area contributed by atoms with Crippen molar-refractivity contribution in [2.45, 2.75) is 0 Å². The van der Waals surface area contributed by atoms with Crippen LogP contribution in [0, 0.1) is 0 Å². The average molecular weight is 338 g/mol. The molecule has 7 heteroatoms. The first-order chi connectivity index (χ1) is 10.1. The molecule has 1 heterocycles. The van der Waals surface area contributed by atoms with E-state index in [4.69, 9.17) is 28.9 Å². The third-order valence-electron chi connectivity index (χ3n) is 2.95. The molecule has 0 aliphatic rings. The molecule has 4 nitrogen and oxygen atoms in total. The Morgan fingerprint density at radius 1 is 1.24 bits per heavy atom. The fourth-order valence-electron chi connectivity index (χ4n) is 1.95. The van der Waals surface area contributed by atoms with E-state index >= 15 is 0 Å². The molecule has 1 amide bonds. The quantitative estimate of drug-likeness (QED) is 0.679. The van der Waals surface area contributed by atoms with E-state index in [-0.39, 0.29) is 5.91 Å². The minimum atomic E-state index is -0.355. The molecule has 0 unspecified atom stereocenters. The number of carbonyl (C=O) groups is 1. The summed E-state index contributed by atoms with van der Waals surface area (Å²) in [6.07, 6.45) is 0. The Kier molecular flexibility index (Phi) is 3.71. The monoisotopic (exact) mass is 337 g/mol. The van der Waals surface area contributed by atoms with Crippen molar-refractivity contribution in [2.75, 3.05) is 11.1 Å². The molecule has 3 N–H and O–H groups in total. The number of thiazole rings is 1. The predicted molar refractivity (Wildman–Crippen MR) is 88.4 cm³/mol. The van der Waals surface area contributed by atoms with Gasteiger partial charge in [0.1, 0.15) is 5.52 Å². The minimum absolute atomic E-state index is 0.307. The van der Waals surface area contributed by atoms with Gasteiger partial charge < -0.3 is 11.1 Å². The third kappa shape index (κ3) is 2.68. The van der Waals surface area contributed by atoms with Crippen LogP contribution < -0.4 is 11.1 Å². The Morgan fingerprint density at radius 3 is 2.81 bits per heavy atom. The van der Waals surface area contributed by atoms with E-state index in [0.29, 0.717) is 32.5 Å². The summed E-state index contributed by atoms with van der Waals surface area (Å²) in [5, 5.41) is 3.67. The maximum atomic E-state index is 12.3. The number of halogens is 2. The molecule has 0 aliphatic heterocycles. The fraction of sp³-hybridized carbons (Fsp3) is 0. The van der Waals surface area contributed by atoms with Gasteiger partial charge in [0.15, 0.2) is 0 Å². The van der Waals surface area contributed by atoms with Crippen LogP contribution in [0.4, 0.5) is 11.4 Å². The second-order valence-electron chi connectivity index (χ2n) is 4.31. The van der Waals surface area contributed by atoms with Gasteiger partial charge in [-0.25, -0.2) is 4.98 Å². The highest BCUT2D eigenvalue weighted by Gasteiger charge is 2.15. The predicted octanol–water partition coefficient (Wildman–Crippen LogP) is 4.44. The second-order valence-corrected chi connectivity index (χ2v) is 6.04. The SMILES string of the molecule is Nc1cc(Cl)ccc1C(=O)Nc1c(Cl)ccc2scnc12. The summed E-state index contributed by atoms with van der Waals surface area (Å²) in [6.45, 7) is 0. The number of aromatic nitrogens is 1. The number of benzene rings is 2. The van der Waals surface area contributed by atoms with Gasteiger partial charge in [0.25, 0.3) is 5.91 Å². The number of amides is 1. The summed E-state index contributed by atoms with van der Waals surface area (Å²) in [5.41, 5.74) is 9.30. The zero-order valence-corrected chi connectivity index (χ0v) is 12.9. The van der Waals surface area contributed by atoms with Gasteiger partial charge in [-0.3, -0.25) is 4.79 Å². The van der Waals surface area contributed by atoms with Crippen molar-refractivity contribution in [3.63, 3.8) is 0 Å². The molecule has 2 aromatic carbocycles. The summed E-state index contributed by atoms with van der Waals surface area (Å²) in [5.74, 6) is -0.355. The summed E-state index contributed by atoms with van der Waals surface area (Å²) in [7, 11) is 0. The van der Waals surface area contributed by atoms with Crippen molar-refractivity contribution in [3.8, 4) is 0 Å². The first-order valence-electron chi connectivity index (χ1n) is 5.94. The maximum absolute atomic E-state index is 12.3. The molecule has 3 aromatic rings. The van der Waals surface area contributed by atoms with Crippen molar-refractivity contribution in [2.24, 2.45) is 0 Å². The lowest BCUT2D eigenvalue weighted by atomic mass is 10.1. The molecule has 1 aromatic heterocycles. The van der Waals surface area contributed by atoms with Crippen molar-refractivity contribution >= 4 is 62.0 Å². The van der Waals surface area contributed by atoms with Gasteiger partial charge in [-0.1, -0.05) is 23.2 Å². The Morgan fingerprint density at radius 2 is 2.05 bits per heavy atom. The molecule has 0 bridgehead atoms. The van der Waals surface area contributed by atoms with Gasteiger partial charge in [0.2, 0.25) is 0 Å². The molecule has 106 valence electrons. The Bertz CT molecular complexity index is 847. The van der Waals surface area contributed by atoms with Crippen molar-refractivity contribution < 1.29 is 4.79 Å². The average Bonchev–Trinajstić information content (AvgIpc) is 2.90. The number of fused-ring (bicyclic) bond motifs is 1. The molecular formula is C14H9Cl2N3OS. The summed E-state index contributed by atoms with van der Waals surface area (Å²) in [4.78, 5) is 16.6. The Hall–Kier alpha value is -1.82. The lowest BCUT2D eigenvalue weighted by molar-refractivity contribution is 0.102. The summed E-state index contributed by atoms with van der Waals surface area (Å²) < 4.78 is 0.943. The van der Waals surface area contributed by atoms with E-state index in [0.717, 1.165) is 4.70 Å². The van der Waals surface area contributed by atoms with Gasteiger partial charge in [-0.15, -0.1) is 11.3 Å². The van der Waals surface area contributed by atoms with Crippen LogP contribution in [0.2, 0.25) is 10.0 Å². The molecule has 0 radical (unpaired) electrons. The van der Waals surface area contributed by atoms with Crippen LogP contribution in [-0.4, -0.2) is 10.9 Å². The van der Waals surface area contributed by atoms with Crippen molar-refractivity contribution in [1.29, 1.82) is 0 Å². The molecule has 0 saturated heterocycles. The number of anilines is 2. The normalized spacial score (nSPS) is 10.8. The highest BCUT2D eigenvalue weighted by molar-refractivity contribution is 7.16. The molecule has 0 atom stereocenters. The summed E-state index contributed by atoms with van der Waals surface area (Å²) in [6, 6.07) is 8.30.